The van der Waals surface area contributed by atoms with Crippen LogP contribution in [0.3, 0.4) is 0 Å². The highest BCUT2D eigenvalue weighted by atomic mass is 16.2. The number of nitrogens with zero attached hydrogens (tertiary/aromatic N) is 6. The Labute approximate surface area is 180 Å². The van der Waals surface area contributed by atoms with Gasteiger partial charge in [-0.1, -0.05) is 6.07 Å². The molecule has 5 rings (SSSR count). The van der Waals surface area contributed by atoms with Gasteiger partial charge in [0, 0.05) is 35.9 Å². The second-order valence-corrected chi connectivity index (χ2v) is 7.88. The van der Waals surface area contributed by atoms with Crippen LogP contribution in [-0.2, 0) is 4.79 Å². The van der Waals surface area contributed by atoms with Gasteiger partial charge < -0.3 is 10.2 Å². The molecule has 1 aliphatic heterocycles. The molecule has 0 unspecified atom stereocenters. The zero-order valence-electron chi connectivity index (χ0n) is 17.4. The molecular formula is C23H23N7O. The van der Waals surface area contributed by atoms with E-state index in [0.717, 1.165) is 35.2 Å². The monoisotopic (exact) mass is 413 g/mol. The fourth-order valence-corrected chi connectivity index (χ4v) is 4.13. The third-order valence-electron chi connectivity index (χ3n) is 5.78. The Balaban J connectivity index is 1.41. The number of rotatable bonds is 4. The van der Waals surface area contributed by atoms with Crippen molar-refractivity contribution >= 4 is 23.1 Å². The Hall–Kier alpha value is -3.81. The minimum atomic E-state index is -0.311. The molecule has 0 spiro atoms. The lowest BCUT2D eigenvalue weighted by Gasteiger charge is -2.27. The van der Waals surface area contributed by atoms with E-state index in [-0.39, 0.29) is 18.0 Å². The Morgan fingerprint density at radius 2 is 1.94 bits per heavy atom. The first-order chi connectivity index (χ1) is 15.1. The fourth-order valence-electron chi connectivity index (χ4n) is 4.13. The number of hydrogen-bond acceptors (Lipinski definition) is 6. The van der Waals surface area contributed by atoms with Crippen LogP contribution in [-0.4, -0.2) is 42.6 Å². The SMILES string of the molecule is Cc1ccc(NC(=O)[C@@H]2CC[C@H](C)N2c2ncccn2)cc1-c1ncc2cccn2n1. The maximum absolute atomic E-state index is 13.2. The molecular weight excluding hydrogens is 390 g/mol. The van der Waals surface area contributed by atoms with Gasteiger partial charge in [-0.2, -0.15) is 0 Å². The van der Waals surface area contributed by atoms with Crippen LogP contribution in [0.2, 0.25) is 0 Å². The molecule has 1 aliphatic rings. The zero-order chi connectivity index (χ0) is 21.4. The number of benzene rings is 1. The van der Waals surface area contributed by atoms with Crippen molar-refractivity contribution in [1.82, 2.24) is 24.6 Å². The highest BCUT2D eigenvalue weighted by Crippen LogP contribution is 2.29. The van der Waals surface area contributed by atoms with E-state index in [1.165, 1.54) is 0 Å². The van der Waals surface area contributed by atoms with E-state index < -0.39 is 0 Å². The predicted octanol–water partition coefficient (Wildman–Crippen LogP) is 3.49. The van der Waals surface area contributed by atoms with E-state index in [1.807, 2.05) is 48.4 Å². The van der Waals surface area contributed by atoms with Crippen molar-refractivity contribution in [2.75, 3.05) is 10.2 Å². The summed E-state index contributed by atoms with van der Waals surface area (Å²) in [7, 11) is 0. The fraction of sp³-hybridized carbons (Fsp3) is 0.261. The topological polar surface area (TPSA) is 88.3 Å². The number of fused-ring (bicyclic) bond motifs is 1. The van der Waals surface area contributed by atoms with Gasteiger partial charge in [-0.3, -0.25) is 4.79 Å². The van der Waals surface area contributed by atoms with E-state index >= 15 is 0 Å². The van der Waals surface area contributed by atoms with Crippen molar-refractivity contribution in [2.45, 2.75) is 38.8 Å². The molecule has 0 radical (unpaired) electrons. The normalized spacial score (nSPS) is 18.5. The largest absolute Gasteiger partial charge is 0.326 e. The van der Waals surface area contributed by atoms with Crippen molar-refractivity contribution in [2.24, 2.45) is 0 Å². The molecule has 0 aliphatic carbocycles. The number of carbonyl (C=O) groups excluding carboxylic acids is 1. The molecule has 1 aromatic carbocycles. The second-order valence-electron chi connectivity index (χ2n) is 7.88. The van der Waals surface area contributed by atoms with E-state index in [2.05, 4.69) is 32.3 Å². The maximum Gasteiger partial charge on any atom is 0.247 e. The summed E-state index contributed by atoms with van der Waals surface area (Å²) in [6, 6.07) is 11.4. The number of aromatic nitrogens is 5. The van der Waals surface area contributed by atoms with Crippen molar-refractivity contribution in [3.8, 4) is 11.4 Å². The summed E-state index contributed by atoms with van der Waals surface area (Å²) < 4.78 is 1.80. The van der Waals surface area contributed by atoms with E-state index in [4.69, 9.17) is 0 Å². The lowest BCUT2D eigenvalue weighted by Crippen LogP contribution is -2.43. The smallest absolute Gasteiger partial charge is 0.247 e. The molecule has 8 heteroatoms. The number of amides is 1. The van der Waals surface area contributed by atoms with Gasteiger partial charge in [0.1, 0.15) is 6.04 Å². The van der Waals surface area contributed by atoms with Crippen molar-refractivity contribution < 1.29 is 4.79 Å². The molecule has 156 valence electrons. The summed E-state index contributed by atoms with van der Waals surface area (Å²) in [5, 5.41) is 7.67. The summed E-state index contributed by atoms with van der Waals surface area (Å²) in [6.45, 7) is 4.11. The van der Waals surface area contributed by atoms with Gasteiger partial charge in [-0.05, 0) is 62.6 Å². The molecule has 1 N–H and O–H groups in total. The highest BCUT2D eigenvalue weighted by molar-refractivity contribution is 5.97. The molecule has 1 amide bonds. The second kappa shape index (κ2) is 7.79. The number of carbonyl (C=O) groups is 1. The van der Waals surface area contributed by atoms with E-state index in [0.29, 0.717) is 11.8 Å². The first kappa shape index (κ1) is 19.2. The number of aryl methyl sites for hydroxylation is 1. The Kier molecular flexibility index (Phi) is 4.82. The van der Waals surface area contributed by atoms with E-state index in [1.54, 1.807) is 29.2 Å². The minimum absolute atomic E-state index is 0.0617. The summed E-state index contributed by atoms with van der Waals surface area (Å²) in [5.41, 5.74) is 3.58. The molecule has 2 atom stereocenters. The van der Waals surface area contributed by atoms with Crippen LogP contribution in [0.15, 0.2) is 61.2 Å². The molecule has 1 fully saturated rings. The predicted molar refractivity (Wildman–Crippen MR) is 119 cm³/mol. The number of hydrogen-bond donors (Lipinski definition) is 1. The summed E-state index contributed by atoms with van der Waals surface area (Å²) in [4.78, 5) is 28.4. The van der Waals surface area contributed by atoms with Crippen LogP contribution in [0.25, 0.3) is 16.9 Å². The minimum Gasteiger partial charge on any atom is -0.326 e. The van der Waals surface area contributed by atoms with Gasteiger partial charge >= 0.3 is 0 Å². The zero-order valence-corrected chi connectivity index (χ0v) is 17.4. The van der Waals surface area contributed by atoms with Crippen LogP contribution in [0.4, 0.5) is 11.6 Å². The van der Waals surface area contributed by atoms with Gasteiger partial charge in [-0.15, -0.1) is 5.10 Å². The van der Waals surface area contributed by atoms with Crippen LogP contribution in [0.1, 0.15) is 25.3 Å². The van der Waals surface area contributed by atoms with Gasteiger partial charge in [0.2, 0.25) is 11.9 Å². The Morgan fingerprint density at radius 1 is 1.10 bits per heavy atom. The quantitative estimate of drug-likeness (QED) is 0.551. The van der Waals surface area contributed by atoms with Gasteiger partial charge in [0.25, 0.3) is 0 Å². The molecule has 31 heavy (non-hydrogen) atoms. The summed E-state index contributed by atoms with van der Waals surface area (Å²) in [6.07, 6.45) is 8.78. The number of nitrogens with one attached hydrogen (secondary N) is 1. The van der Waals surface area contributed by atoms with Gasteiger partial charge in [0.05, 0.1) is 11.7 Å². The van der Waals surface area contributed by atoms with Gasteiger partial charge in [0.15, 0.2) is 5.82 Å². The standard InChI is InChI=1S/C23H23N7O/c1-15-6-8-17(13-19(15)21-26-14-18-5-3-12-29(18)28-21)27-22(31)20-9-7-16(2)30(20)23-24-10-4-11-25-23/h3-6,8,10-14,16,20H,7,9H2,1-2H3,(H,27,31)/t16-,20-/m0/s1. The molecule has 0 saturated carbocycles. The summed E-state index contributed by atoms with van der Waals surface area (Å²) in [5.74, 6) is 1.14. The maximum atomic E-state index is 13.2. The first-order valence-electron chi connectivity index (χ1n) is 10.4. The third kappa shape index (κ3) is 3.61. The van der Waals surface area contributed by atoms with Crippen molar-refractivity contribution in [3.63, 3.8) is 0 Å². The number of anilines is 2. The van der Waals surface area contributed by atoms with E-state index in [9.17, 15) is 4.79 Å². The van der Waals surface area contributed by atoms with Crippen LogP contribution in [0, 0.1) is 6.92 Å². The van der Waals surface area contributed by atoms with Crippen LogP contribution in [0.5, 0.6) is 0 Å². The molecule has 3 aromatic heterocycles. The molecule has 1 saturated heterocycles. The van der Waals surface area contributed by atoms with Gasteiger partial charge in [-0.25, -0.2) is 19.5 Å². The third-order valence-corrected chi connectivity index (χ3v) is 5.78. The lowest BCUT2D eigenvalue weighted by atomic mass is 10.1. The molecule has 4 heterocycles. The van der Waals surface area contributed by atoms with Crippen molar-refractivity contribution in [3.05, 3.63) is 66.7 Å². The molecule has 4 aromatic rings. The Bertz CT molecular complexity index is 1240. The lowest BCUT2D eigenvalue weighted by molar-refractivity contribution is -0.117. The average Bonchev–Trinajstić information content (AvgIpc) is 3.41. The van der Waals surface area contributed by atoms with Crippen LogP contribution >= 0.6 is 0 Å². The highest BCUT2D eigenvalue weighted by Gasteiger charge is 2.37. The summed E-state index contributed by atoms with van der Waals surface area (Å²) >= 11 is 0. The van der Waals surface area contributed by atoms with Crippen LogP contribution < -0.4 is 10.2 Å². The Morgan fingerprint density at radius 3 is 2.77 bits per heavy atom. The molecule has 8 nitrogen and oxygen atoms in total. The average molecular weight is 413 g/mol. The molecule has 0 bridgehead atoms. The van der Waals surface area contributed by atoms with Crippen molar-refractivity contribution in [1.29, 1.82) is 0 Å². The first-order valence-corrected chi connectivity index (χ1v) is 10.4.